The van der Waals surface area contributed by atoms with Crippen molar-refractivity contribution in [1.29, 1.82) is 0 Å². The first-order valence-electron chi connectivity index (χ1n) is 4.85. The van der Waals surface area contributed by atoms with Gasteiger partial charge in [-0.15, -0.1) is 5.10 Å². The summed E-state index contributed by atoms with van der Waals surface area (Å²) < 4.78 is 0. The van der Waals surface area contributed by atoms with Crippen molar-refractivity contribution in [2.45, 2.75) is 0 Å². The molecule has 0 amide bonds. The second-order valence-electron chi connectivity index (χ2n) is 3.55. The van der Waals surface area contributed by atoms with Crippen LogP contribution in [0.3, 0.4) is 0 Å². The summed E-state index contributed by atoms with van der Waals surface area (Å²) in [6.07, 6.45) is 0. The maximum Gasteiger partial charge on any atom is 0.218 e. The highest BCUT2D eigenvalue weighted by atomic mass is 15.4. The van der Waals surface area contributed by atoms with E-state index in [1.54, 1.807) is 0 Å². The summed E-state index contributed by atoms with van der Waals surface area (Å²) in [7, 11) is 2.06. The molecule has 1 aromatic carbocycles. The lowest BCUT2D eigenvalue weighted by Crippen LogP contribution is -2.46. The van der Waals surface area contributed by atoms with Crippen molar-refractivity contribution in [3.63, 3.8) is 0 Å². The van der Waals surface area contributed by atoms with Crippen LogP contribution < -0.4 is 21.4 Å². The minimum atomic E-state index is 0.357. The molecule has 4 N–H and O–H groups in total. The van der Waals surface area contributed by atoms with Gasteiger partial charge in [-0.05, 0) is 12.1 Å². The number of hydrogen-bond donors (Lipinski definition) is 2. The van der Waals surface area contributed by atoms with Crippen molar-refractivity contribution in [2.24, 2.45) is 16.7 Å². The summed E-state index contributed by atoms with van der Waals surface area (Å²) >= 11 is 0. The maximum absolute atomic E-state index is 5.74. The number of para-hydroxylation sites is 2. The van der Waals surface area contributed by atoms with E-state index in [0.717, 1.165) is 24.5 Å². The number of hydrazone groups is 1. The molecule has 0 atom stereocenters. The predicted octanol–water partition coefficient (Wildman–Crippen LogP) is 0.131. The zero-order valence-corrected chi connectivity index (χ0v) is 8.72. The highest BCUT2D eigenvalue weighted by molar-refractivity contribution is 5.98. The fourth-order valence-electron chi connectivity index (χ4n) is 1.81. The van der Waals surface area contributed by atoms with Gasteiger partial charge in [-0.1, -0.05) is 12.1 Å². The third-order valence-corrected chi connectivity index (χ3v) is 2.65. The second kappa shape index (κ2) is 3.68. The average molecular weight is 205 g/mol. The van der Waals surface area contributed by atoms with Gasteiger partial charge in [0.15, 0.2) is 0 Å². The van der Waals surface area contributed by atoms with Crippen molar-refractivity contribution in [3.8, 4) is 0 Å². The van der Waals surface area contributed by atoms with Gasteiger partial charge in [0.25, 0.3) is 0 Å². The molecule has 80 valence electrons. The summed E-state index contributed by atoms with van der Waals surface area (Å²) in [5.41, 5.74) is 7.94. The molecule has 0 aliphatic carbocycles. The number of fused-ring (bicyclic) bond motifs is 1. The molecule has 15 heavy (non-hydrogen) atoms. The minimum Gasteiger partial charge on any atom is -0.371 e. The molecule has 0 unspecified atom stereocenters. The topological polar surface area (TPSA) is 70.9 Å². The zero-order chi connectivity index (χ0) is 10.8. The lowest BCUT2D eigenvalue weighted by atomic mass is 10.2. The van der Waals surface area contributed by atoms with E-state index in [1.807, 2.05) is 23.1 Å². The van der Waals surface area contributed by atoms with E-state index in [4.69, 9.17) is 11.6 Å². The van der Waals surface area contributed by atoms with E-state index in [-0.39, 0.29) is 0 Å². The molecular weight excluding hydrogens is 190 g/mol. The predicted molar refractivity (Wildman–Crippen MR) is 62.9 cm³/mol. The van der Waals surface area contributed by atoms with Gasteiger partial charge in [-0.2, -0.15) is 0 Å². The van der Waals surface area contributed by atoms with Crippen LogP contribution >= 0.6 is 0 Å². The lowest BCUT2D eigenvalue weighted by molar-refractivity contribution is 0.828. The molecule has 2 rings (SSSR count). The third kappa shape index (κ3) is 1.56. The molecule has 1 heterocycles. The Morgan fingerprint density at radius 3 is 2.60 bits per heavy atom. The molecule has 0 fully saturated rings. The highest BCUT2D eigenvalue weighted by Crippen LogP contribution is 2.31. The summed E-state index contributed by atoms with van der Waals surface area (Å²) in [6.45, 7) is 1.72. The van der Waals surface area contributed by atoms with E-state index in [1.165, 1.54) is 0 Å². The van der Waals surface area contributed by atoms with Gasteiger partial charge >= 0.3 is 0 Å². The number of hydrogen-bond acceptors (Lipinski definition) is 3. The second-order valence-corrected chi connectivity index (χ2v) is 3.55. The highest BCUT2D eigenvalue weighted by Gasteiger charge is 2.21. The molecule has 0 saturated carbocycles. The summed E-state index contributed by atoms with van der Waals surface area (Å²) in [4.78, 5) is 4.12. The van der Waals surface area contributed by atoms with Gasteiger partial charge in [-0.3, -0.25) is 0 Å². The molecular formula is C10H15N5. The Labute approximate surface area is 89.0 Å². The number of likely N-dealkylation sites (N-methyl/N-ethyl adjacent to an activating group) is 1. The molecule has 0 radical (unpaired) electrons. The first kappa shape index (κ1) is 9.64. The summed E-state index contributed by atoms with van der Waals surface area (Å²) in [5, 5.41) is 3.54. The number of benzene rings is 1. The number of nitrogens with zero attached hydrogens (tertiary/aromatic N) is 3. The molecule has 1 aromatic rings. The lowest BCUT2D eigenvalue weighted by Gasteiger charge is -2.35. The van der Waals surface area contributed by atoms with Crippen molar-refractivity contribution in [1.82, 2.24) is 0 Å². The SMILES string of the molecule is CN1CCN(C(N)=NN)c2ccccc21. The van der Waals surface area contributed by atoms with Crippen LogP contribution in [0.5, 0.6) is 0 Å². The van der Waals surface area contributed by atoms with Gasteiger partial charge in [0.05, 0.1) is 11.4 Å². The fraction of sp³-hybridized carbons (Fsp3) is 0.300. The Balaban J connectivity index is 2.45. The zero-order valence-electron chi connectivity index (χ0n) is 8.72. The molecule has 0 saturated heterocycles. The van der Waals surface area contributed by atoms with Crippen molar-refractivity contribution in [2.75, 3.05) is 29.9 Å². The quantitative estimate of drug-likeness (QED) is 0.273. The molecule has 1 aliphatic rings. The molecule has 0 spiro atoms. The number of guanidine groups is 1. The molecule has 5 heteroatoms. The van der Waals surface area contributed by atoms with Gasteiger partial charge in [0.1, 0.15) is 0 Å². The van der Waals surface area contributed by atoms with E-state index in [2.05, 4.69) is 23.1 Å². The van der Waals surface area contributed by atoms with Crippen LogP contribution in [0.15, 0.2) is 29.4 Å². The summed E-state index contributed by atoms with van der Waals surface area (Å²) in [5.74, 6) is 5.56. The Morgan fingerprint density at radius 2 is 1.93 bits per heavy atom. The van der Waals surface area contributed by atoms with Crippen LogP contribution in [0.4, 0.5) is 11.4 Å². The molecule has 5 nitrogen and oxygen atoms in total. The standard InChI is InChI=1S/C10H15N5/c1-14-6-7-15(10(11)13-12)9-5-3-2-4-8(9)14/h2-5H,6-7,12H2,1H3,(H2,11,13). The first-order chi connectivity index (χ1) is 7.24. The molecule has 1 aliphatic heterocycles. The van der Waals surface area contributed by atoms with Crippen LogP contribution in [-0.4, -0.2) is 26.1 Å². The van der Waals surface area contributed by atoms with Crippen molar-refractivity contribution < 1.29 is 0 Å². The fourth-order valence-corrected chi connectivity index (χ4v) is 1.81. The summed E-state index contributed by atoms with van der Waals surface area (Å²) in [6, 6.07) is 8.07. The normalized spacial score (nSPS) is 16.5. The van der Waals surface area contributed by atoms with Crippen LogP contribution in [0.25, 0.3) is 0 Å². The van der Waals surface area contributed by atoms with E-state index in [9.17, 15) is 0 Å². The van der Waals surface area contributed by atoms with E-state index in [0.29, 0.717) is 5.96 Å². The van der Waals surface area contributed by atoms with Crippen LogP contribution in [0, 0.1) is 0 Å². The molecule has 0 aromatic heterocycles. The van der Waals surface area contributed by atoms with Crippen LogP contribution in [-0.2, 0) is 0 Å². The van der Waals surface area contributed by atoms with Crippen molar-refractivity contribution >= 4 is 17.3 Å². The van der Waals surface area contributed by atoms with Crippen LogP contribution in [0.2, 0.25) is 0 Å². The largest absolute Gasteiger partial charge is 0.371 e. The number of nitrogens with two attached hydrogens (primary N) is 2. The smallest absolute Gasteiger partial charge is 0.218 e. The average Bonchev–Trinajstić information content (AvgIpc) is 2.29. The first-order valence-corrected chi connectivity index (χ1v) is 4.85. The number of anilines is 2. The van der Waals surface area contributed by atoms with Crippen LogP contribution in [0.1, 0.15) is 0 Å². The number of rotatable bonds is 0. The monoisotopic (exact) mass is 205 g/mol. The molecule has 0 bridgehead atoms. The maximum atomic E-state index is 5.74. The Bertz CT molecular complexity index is 387. The van der Waals surface area contributed by atoms with E-state index < -0.39 is 0 Å². The Hall–Kier alpha value is -1.91. The third-order valence-electron chi connectivity index (χ3n) is 2.65. The van der Waals surface area contributed by atoms with Gasteiger partial charge in [0.2, 0.25) is 5.96 Å². The minimum absolute atomic E-state index is 0.357. The van der Waals surface area contributed by atoms with Gasteiger partial charge in [-0.25, -0.2) is 0 Å². The van der Waals surface area contributed by atoms with E-state index >= 15 is 0 Å². The Kier molecular flexibility index (Phi) is 2.37. The van der Waals surface area contributed by atoms with Crippen molar-refractivity contribution in [3.05, 3.63) is 24.3 Å². The van der Waals surface area contributed by atoms with Gasteiger partial charge in [0, 0.05) is 20.1 Å². The van der Waals surface area contributed by atoms with Gasteiger partial charge < -0.3 is 21.4 Å². The Morgan fingerprint density at radius 1 is 1.27 bits per heavy atom.